The molecular formula is C27H28Cl2F2N2O3. The van der Waals surface area contributed by atoms with Gasteiger partial charge in [-0.05, 0) is 70.2 Å². The highest BCUT2D eigenvalue weighted by atomic mass is 35.5. The van der Waals surface area contributed by atoms with E-state index in [-0.39, 0.29) is 27.1 Å². The molecule has 2 aromatic carbocycles. The number of carbonyl (C=O) groups excluding carboxylic acids is 1. The fraction of sp³-hybridized carbons (Fsp3) is 0.481. The molecular weight excluding hydrogens is 509 g/mol. The van der Waals surface area contributed by atoms with E-state index >= 15 is 8.78 Å². The number of ether oxygens (including phenoxy) is 1. The van der Waals surface area contributed by atoms with Crippen molar-refractivity contribution in [2.45, 2.75) is 75.2 Å². The Balaban J connectivity index is 2.04. The molecule has 0 amide bonds. The molecule has 2 fully saturated rings. The maximum Gasteiger partial charge on any atom is 0.324 e. The second-order valence-corrected chi connectivity index (χ2v) is 11.7. The quantitative estimate of drug-likeness (QED) is 0.481. The van der Waals surface area contributed by atoms with Crippen LogP contribution in [0.2, 0.25) is 10.0 Å². The molecule has 9 heteroatoms. The third-order valence-electron chi connectivity index (χ3n) is 7.15. The average Bonchev–Trinajstić information content (AvgIpc) is 3.57. The lowest BCUT2D eigenvalue weighted by Gasteiger charge is -2.41. The van der Waals surface area contributed by atoms with Crippen molar-refractivity contribution >= 4 is 29.2 Å². The molecule has 5 nitrogen and oxygen atoms in total. The number of esters is 1. The second-order valence-electron chi connectivity index (χ2n) is 10.8. The zero-order valence-corrected chi connectivity index (χ0v) is 21.9. The number of hydrogen-bond donors (Lipinski definition) is 2. The summed E-state index contributed by atoms with van der Waals surface area (Å²) in [6, 6.07) is 7.87. The number of hydrogen-bond acceptors (Lipinski definition) is 5. The van der Waals surface area contributed by atoms with Gasteiger partial charge >= 0.3 is 5.97 Å². The maximum absolute atomic E-state index is 15.6. The molecule has 1 aliphatic heterocycles. The summed E-state index contributed by atoms with van der Waals surface area (Å²) in [5, 5.41) is 25.5. The topological polar surface area (TPSA) is 82.3 Å². The summed E-state index contributed by atoms with van der Waals surface area (Å²) in [4.78, 5) is 13.5. The fourth-order valence-corrected chi connectivity index (χ4v) is 5.82. The molecule has 2 aromatic rings. The first-order valence-corrected chi connectivity index (χ1v) is 12.5. The Kier molecular flexibility index (Phi) is 6.89. The minimum Gasteiger partial charge on any atom is -0.459 e. The highest BCUT2D eigenvalue weighted by Crippen LogP contribution is 2.56. The molecule has 2 aliphatic rings. The van der Waals surface area contributed by atoms with E-state index in [1.807, 2.05) is 0 Å². The van der Waals surface area contributed by atoms with Crippen LogP contribution in [0, 0.1) is 28.9 Å². The summed E-state index contributed by atoms with van der Waals surface area (Å²) in [6.45, 7) is 6.61. The third-order valence-corrected chi connectivity index (χ3v) is 7.68. The minimum atomic E-state index is -1.92. The van der Waals surface area contributed by atoms with Crippen molar-refractivity contribution in [3.63, 3.8) is 0 Å². The number of nitrogens with one attached hydrogen (secondary N) is 1. The number of rotatable bonds is 5. The van der Waals surface area contributed by atoms with Crippen LogP contribution in [0.3, 0.4) is 0 Å². The van der Waals surface area contributed by atoms with Gasteiger partial charge in [-0.3, -0.25) is 10.1 Å². The van der Waals surface area contributed by atoms with E-state index in [1.54, 1.807) is 27.7 Å². The van der Waals surface area contributed by atoms with E-state index in [0.29, 0.717) is 12.8 Å². The molecule has 36 heavy (non-hydrogen) atoms. The Morgan fingerprint density at radius 3 is 2.42 bits per heavy atom. The predicted molar refractivity (Wildman–Crippen MR) is 133 cm³/mol. The number of carbonyl (C=O) groups is 1. The number of nitrogens with zero attached hydrogens (tertiary/aromatic N) is 1. The van der Waals surface area contributed by atoms with Crippen molar-refractivity contribution in [1.29, 1.82) is 5.26 Å². The van der Waals surface area contributed by atoms with Gasteiger partial charge in [0.05, 0.1) is 22.7 Å². The molecule has 2 N–H and O–H groups in total. The maximum atomic E-state index is 15.6. The zero-order valence-electron chi connectivity index (χ0n) is 20.4. The summed E-state index contributed by atoms with van der Waals surface area (Å²) in [6.07, 6.45) is 1.40. The highest BCUT2D eigenvalue weighted by molar-refractivity contribution is 6.31. The molecule has 192 valence electrons. The first-order chi connectivity index (χ1) is 16.7. The van der Waals surface area contributed by atoms with Crippen LogP contribution in [0.15, 0.2) is 36.4 Å². The lowest BCUT2D eigenvalue weighted by molar-refractivity contribution is -0.157. The first-order valence-electron chi connectivity index (χ1n) is 11.8. The van der Waals surface area contributed by atoms with E-state index in [9.17, 15) is 15.2 Å². The average molecular weight is 537 g/mol. The summed E-state index contributed by atoms with van der Waals surface area (Å²) >= 11 is 12.1. The van der Waals surface area contributed by atoms with Gasteiger partial charge in [0, 0.05) is 16.5 Å². The first kappa shape index (κ1) is 26.8. The van der Waals surface area contributed by atoms with Crippen molar-refractivity contribution in [3.8, 4) is 6.07 Å². The van der Waals surface area contributed by atoms with Gasteiger partial charge in [-0.15, -0.1) is 0 Å². The predicted octanol–water partition coefficient (Wildman–Crippen LogP) is 5.66. The molecule has 1 saturated carbocycles. The van der Waals surface area contributed by atoms with Crippen LogP contribution in [-0.2, 0) is 14.9 Å². The molecule has 0 aromatic heterocycles. The van der Waals surface area contributed by atoms with Gasteiger partial charge in [0.25, 0.3) is 0 Å². The lowest BCUT2D eigenvalue weighted by Crippen LogP contribution is -2.58. The van der Waals surface area contributed by atoms with Gasteiger partial charge in [-0.25, -0.2) is 8.78 Å². The van der Waals surface area contributed by atoms with Gasteiger partial charge in [0.2, 0.25) is 0 Å². The number of nitriles is 1. The van der Waals surface area contributed by atoms with Gasteiger partial charge in [-0.1, -0.05) is 41.4 Å². The largest absolute Gasteiger partial charge is 0.459 e. The summed E-state index contributed by atoms with van der Waals surface area (Å²) in [5.74, 6) is -3.88. The number of halogens is 4. The Bertz CT molecular complexity index is 1240. The summed E-state index contributed by atoms with van der Waals surface area (Å²) in [7, 11) is 0. The normalized spacial score (nSPS) is 27.8. The Morgan fingerprint density at radius 1 is 1.19 bits per heavy atom. The van der Waals surface area contributed by atoms with Crippen LogP contribution in [0.1, 0.15) is 57.6 Å². The highest BCUT2D eigenvalue weighted by Gasteiger charge is 2.67. The van der Waals surface area contributed by atoms with Gasteiger partial charge < -0.3 is 9.84 Å². The summed E-state index contributed by atoms with van der Waals surface area (Å²) in [5.41, 5.74) is -4.52. The minimum absolute atomic E-state index is 0.0594. The van der Waals surface area contributed by atoms with Gasteiger partial charge in [-0.2, -0.15) is 5.26 Å². The Hall–Kier alpha value is -2.24. The second kappa shape index (κ2) is 9.25. The van der Waals surface area contributed by atoms with Crippen LogP contribution in [0.5, 0.6) is 0 Å². The molecule has 1 aliphatic carbocycles. The number of aliphatic hydroxyl groups is 1. The van der Waals surface area contributed by atoms with Crippen LogP contribution < -0.4 is 5.32 Å². The van der Waals surface area contributed by atoms with Crippen LogP contribution in [0.4, 0.5) is 8.78 Å². The van der Waals surface area contributed by atoms with Crippen LogP contribution in [0.25, 0.3) is 0 Å². The van der Waals surface area contributed by atoms with Crippen molar-refractivity contribution in [1.82, 2.24) is 5.32 Å². The SMILES string of the molecule is CC(C)(C)OC(=O)[C@@H]1N[C@H](C(C)(O)C2CC2)[C@](C#N)(c2ccc(Cl)cc2F)[C@H]1c1cccc(Cl)c1F. The standard InChI is InChI=1S/C27H28Cl2F2N2O3/c1-25(2,3)36-23(34)22-20(16-6-5-7-18(29)21(16)31)27(13-32,17-11-10-15(28)12-19(17)30)24(33-22)26(4,35)14-8-9-14/h5-7,10-12,14,20,22,24,33,35H,8-9H2,1-4H3/t20-,22+,24+,26?,27+/m0/s1. The molecule has 0 spiro atoms. The van der Waals surface area contributed by atoms with E-state index in [1.165, 1.54) is 30.3 Å². The van der Waals surface area contributed by atoms with Crippen molar-refractivity contribution in [3.05, 3.63) is 69.2 Å². The molecule has 1 saturated heterocycles. The molecule has 4 rings (SSSR count). The Morgan fingerprint density at radius 2 is 1.86 bits per heavy atom. The van der Waals surface area contributed by atoms with Gasteiger partial charge in [0.1, 0.15) is 28.7 Å². The van der Waals surface area contributed by atoms with E-state index < -0.39 is 52.2 Å². The van der Waals surface area contributed by atoms with E-state index in [2.05, 4.69) is 11.4 Å². The summed E-state index contributed by atoms with van der Waals surface area (Å²) < 4.78 is 36.8. The molecule has 1 unspecified atom stereocenters. The third kappa shape index (κ3) is 4.50. The van der Waals surface area contributed by atoms with Crippen molar-refractivity contribution in [2.24, 2.45) is 5.92 Å². The van der Waals surface area contributed by atoms with Crippen molar-refractivity contribution in [2.75, 3.05) is 0 Å². The van der Waals surface area contributed by atoms with Gasteiger partial charge in [0.15, 0.2) is 0 Å². The Labute approximate surface area is 219 Å². The van der Waals surface area contributed by atoms with Crippen molar-refractivity contribution < 1.29 is 23.4 Å². The lowest BCUT2D eigenvalue weighted by atomic mass is 9.61. The van der Waals surface area contributed by atoms with E-state index in [4.69, 9.17) is 27.9 Å². The van der Waals surface area contributed by atoms with E-state index in [0.717, 1.165) is 6.07 Å². The molecule has 0 radical (unpaired) electrons. The smallest absolute Gasteiger partial charge is 0.324 e. The van der Waals surface area contributed by atoms with Crippen LogP contribution in [-0.4, -0.2) is 34.4 Å². The molecule has 5 atom stereocenters. The van der Waals surface area contributed by atoms with Crippen LogP contribution >= 0.6 is 23.2 Å². The molecule has 0 bridgehead atoms. The zero-order chi connectivity index (χ0) is 26.6. The molecule has 1 heterocycles. The number of benzene rings is 2. The monoisotopic (exact) mass is 536 g/mol. The fourth-order valence-electron chi connectivity index (χ4n) is 5.48.